The van der Waals surface area contributed by atoms with Gasteiger partial charge in [0.05, 0.1) is 6.04 Å². The number of carbonyl (C=O) groups is 1. The van der Waals surface area contributed by atoms with Crippen molar-refractivity contribution in [2.75, 3.05) is 25.5 Å². The zero-order valence-corrected chi connectivity index (χ0v) is 10.7. The Hall–Kier alpha value is -1.58. The number of pyridine rings is 1. The van der Waals surface area contributed by atoms with Crippen molar-refractivity contribution in [2.24, 2.45) is 0 Å². The topological polar surface area (TPSA) is 36.4 Å². The minimum absolute atomic E-state index is 0.219. The molecule has 1 aliphatic rings. The molecule has 2 heterocycles. The molecule has 2 rings (SSSR count). The molecule has 0 saturated carbocycles. The molecule has 1 atom stereocenters. The SMILES string of the molecule is Cc1nc(N(C)C)ccc1C1CCCN1C=O. The molecule has 0 N–H and O–H groups in total. The van der Waals surface area contributed by atoms with Gasteiger partial charge in [-0.2, -0.15) is 0 Å². The van der Waals surface area contributed by atoms with Crippen molar-refractivity contribution in [1.82, 2.24) is 9.88 Å². The van der Waals surface area contributed by atoms with E-state index in [4.69, 9.17) is 0 Å². The Labute approximate surface area is 102 Å². The summed E-state index contributed by atoms with van der Waals surface area (Å²) in [6.07, 6.45) is 3.08. The van der Waals surface area contributed by atoms with E-state index in [0.717, 1.165) is 37.3 Å². The van der Waals surface area contributed by atoms with Crippen LogP contribution >= 0.6 is 0 Å². The van der Waals surface area contributed by atoms with Gasteiger partial charge >= 0.3 is 0 Å². The van der Waals surface area contributed by atoms with Gasteiger partial charge in [0.15, 0.2) is 0 Å². The second kappa shape index (κ2) is 4.73. The number of amides is 1. The summed E-state index contributed by atoms with van der Waals surface area (Å²) in [6.45, 7) is 2.88. The molecule has 1 aromatic heterocycles. The molecule has 0 spiro atoms. The molecule has 92 valence electrons. The molecule has 1 aliphatic heterocycles. The van der Waals surface area contributed by atoms with Crippen molar-refractivity contribution < 1.29 is 4.79 Å². The molecular weight excluding hydrogens is 214 g/mol. The number of anilines is 1. The minimum atomic E-state index is 0.219. The summed E-state index contributed by atoms with van der Waals surface area (Å²) in [7, 11) is 3.96. The lowest BCUT2D eigenvalue weighted by atomic mass is 10.0. The Balaban J connectivity index is 2.30. The second-order valence-electron chi connectivity index (χ2n) is 4.74. The maximum Gasteiger partial charge on any atom is 0.210 e. The summed E-state index contributed by atoms with van der Waals surface area (Å²) in [5, 5.41) is 0. The molecule has 1 saturated heterocycles. The summed E-state index contributed by atoms with van der Waals surface area (Å²) in [6, 6.07) is 4.34. The number of rotatable bonds is 3. The highest BCUT2D eigenvalue weighted by Crippen LogP contribution is 2.32. The van der Waals surface area contributed by atoms with Gasteiger partial charge in [-0.1, -0.05) is 6.07 Å². The van der Waals surface area contributed by atoms with Crippen molar-refractivity contribution in [1.29, 1.82) is 0 Å². The second-order valence-corrected chi connectivity index (χ2v) is 4.74. The van der Waals surface area contributed by atoms with Crippen LogP contribution in [0.15, 0.2) is 12.1 Å². The number of aromatic nitrogens is 1. The molecule has 0 radical (unpaired) electrons. The van der Waals surface area contributed by atoms with Crippen LogP contribution in [-0.2, 0) is 4.79 Å². The fourth-order valence-corrected chi connectivity index (χ4v) is 2.41. The van der Waals surface area contributed by atoms with Gasteiger partial charge in [-0.3, -0.25) is 4.79 Å². The number of aryl methyl sites for hydroxylation is 1. The Kier molecular flexibility index (Phi) is 3.31. The Bertz CT molecular complexity index is 417. The maximum atomic E-state index is 11.0. The first-order valence-electron chi connectivity index (χ1n) is 5.99. The highest BCUT2D eigenvalue weighted by molar-refractivity contribution is 5.50. The molecule has 1 amide bonds. The number of likely N-dealkylation sites (tertiary alicyclic amines) is 1. The zero-order chi connectivity index (χ0) is 12.4. The van der Waals surface area contributed by atoms with Gasteiger partial charge in [0, 0.05) is 26.3 Å². The normalized spacial score (nSPS) is 19.5. The molecule has 0 aromatic carbocycles. The Morgan fingerprint density at radius 3 is 2.82 bits per heavy atom. The van der Waals surface area contributed by atoms with E-state index in [0.29, 0.717) is 0 Å². The fourth-order valence-electron chi connectivity index (χ4n) is 2.41. The quantitative estimate of drug-likeness (QED) is 0.746. The van der Waals surface area contributed by atoms with Gasteiger partial charge in [0.1, 0.15) is 5.82 Å². The molecule has 4 heteroatoms. The average Bonchev–Trinajstić information content (AvgIpc) is 2.76. The van der Waals surface area contributed by atoms with E-state index in [2.05, 4.69) is 11.1 Å². The van der Waals surface area contributed by atoms with Crippen LogP contribution in [-0.4, -0.2) is 36.9 Å². The summed E-state index contributed by atoms with van der Waals surface area (Å²) in [5.74, 6) is 0.960. The molecule has 1 unspecified atom stereocenters. The molecule has 1 aromatic rings. The predicted octanol–water partition coefficient (Wildman–Crippen LogP) is 1.75. The Morgan fingerprint density at radius 2 is 2.24 bits per heavy atom. The van der Waals surface area contributed by atoms with Gasteiger partial charge in [-0.25, -0.2) is 4.98 Å². The highest BCUT2D eigenvalue weighted by atomic mass is 16.1. The third kappa shape index (κ3) is 2.25. The van der Waals surface area contributed by atoms with Crippen LogP contribution in [0.4, 0.5) is 5.82 Å². The van der Waals surface area contributed by atoms with Crippen LogP contribution in [0.2, 0.25) is 0 Å². The van der Waals surface area contributed by atoms with Crippen molar-refractivity contribution in [3.05, 3.63) is 23.4 Å². The molecule has 4 nitrogen and oxygen atoms in total. The number of nitrogens with zero attached hydrogens (tertiary/aromatic N) is 3. The molecule has 0 aliphatic carbocycles. The van der Waals surface area contributed by atoms with Gasteiger partial charge < -0.3 is 9.80 Å². The first-order chi connectivity index (χ1) is 8.13. The Morgan fingerprint density at radius 1 is 1.47 bits per heavy atom. The standard InChI is InChI=1S/C13H19N3O/c1-10-11(6-7-13(14-10)15(2)3)12-5-4-8-16(12)9-17/h6-7,9,12H,4-5,8H2,1-3H3. The van der Waals surface area contributed by atoms with Crippen LogP contribution < -0.4 is 4.90 Å². The summed E-state index contributed by atoms with van der Waals surface area (Å²) < 4.78 is 0. The van der Waals surface area contributed by atoms with Gasteiger partial charge in [0.25, 0.3) is 0 Å². The lowest BCUT2D eigenvalue weighted by Crippen LogP contribution is -2.22. The van der Waals surface area contributed by atoms with Crippen LogP contribution in [0.5, 0.6) is 0 Å². The first kappa shape index (κ1) is 11.9. The van der Waals surface area contributed by atoms with Crippen molar-refractivity contribution >= 4 is 12.2 Å². The van der Waals surface area contributed by atoms with Crippen LogP contribution in [0.1, 0.15) is 30.1 Å². The van der Waals surface area contributed by atoms with Crippen molar-refractivity contribution in [3.63, 3.8) is 0 Å². The lowest BCUT2D eigenvalue weighted by Gasteiger charge is -2.22. The predicted molar refractivity (Wildman–Crippen MR) is 68.0 cm³/mol. The summed E-state index contributed by atoms with van der Waals surface area (Å²) in [4.78, 5) is 19.4. The van der Waals surface area contributed by atoms with Gasteiger partial charge in [0.2, 0.25) is 6.41 Å². The van der Waals surface area contributed by atoms with Gasteiger partial charge in [-0.15, -0.1) is 0 Å². The zero-order valence-electron chi connectivity index (χ0n) is 10.7. The highest BCUT2D eigenvalue weighted by Gasteiger charge is 2.26. The monoisotopic (exact) mass is 233 g/mol. The van der Waals surface area contributed by atoms with E-state index >= 15 is 0 Å². The maximum absolute atomic E-state index is 11.0. The van der Waals surface area contributed by atoms with E-state index in [1.165, 1.54) is 5.56 Å². The van der Waals surface area contributed by atoms with Gasteiger partial charge in [-0.05, 0) is 31.4 Å². The summed E-state index contributed by atoms with van der Waals surface area (Å²) in [5.41, 5.74) is 2.20. The van der Waals surface area contributed by atoms with Crippen LogP contribution in [0.25, 0.3) is 0 Å². The third-order valence-electron chi connectivity index (χ3n) is 3.36. The van der Waals surface area contributed by atoms with Crippen LogP contribution in [0, 0.1) is 6.92 Å². The van der Waals surface area contributed by atoms with Crippen molar-refractivity contribution in [2.45, 2.75) is 25.8 Å². The van der Waals surface area contributed by atoms with E-state index < -0.39 is 0 Å². The molecule has 0 bridgehead atoms. The fraction of sp³-hybridized carbons (Fsp3) is 0.538. The average molecular weight is 233 g/mol. The van der Waals surface area contributed by atoms with E-state index in [1.54, 1.807) is 0 Å². The first-order valence-corrected chi connectivity index (χ1v) is 5.99. The van der Waals surface area contributed by atoms with Crippen molar-refractivity contribution in [3.8, 4) is 0 Å². The van der Waals surface area contributed by atoms with E-state index in [9.17, 15) is 4.79 Å². The smallest absolute Gasteiger partial charge is 0.210 e. The third-order valence-corrected chi connectivity index (χ3v) is 3.36. The minimum Gasteiger partial charge on any atom is -0.363 e. The molecule has 1 fully saturated rings. The lowest BCUT2D eigenvalue weighted by molar-refractivity contribution is -0.118. The van der Waals surface area contributed by atoms with E-state index in [1.807, 2.05) is 36.9 Å². The number of carbonyl (C=O) groups excluding carboxylic acids is 1. The number of hydrogen-bond donors (Lipinski definition) is 0. The molecule has 17 heavy (non-hydrogen) atoms. The van der Waals surface area contributed by atoms with E-state index in [-0.39, 0.29) is 6.04 Å². The molecular formula is C13H19N3O. The largest absolute Gasteiger partial charge is 0.363 e. The number of hydrogen-bond acceptors (Lipinski definition) is 3. The van der Waals surface area contributed by atoms with Crippen LogP contribution in [0.3, 0.4) is 0 Å². The summed E-state index contributed by atoms with van der Waals surface area (Å²) >= 11 is 0.